The minimum absolute atomic E-state index is 0.0893. The van der Waals surface area contributed by atoms with Crippen LogP contribution in [-0.4, -0.2) is 36.3 Å². The molecule has 27 heavy (non-hydrogen) atoms. The fraction of sp³-hybridized carbons (Fsp3) is 0.263. The maximum absolute atomic E-state index is 13.0. The average molecular weight is 405 g/mol. The highest BCUT2D eigenvalue weighted by Gasteiger charge is 2.19. The molecule has 3 atom stereocenters. The van der Waals surface area contributed by atoms with Crippen molar-refractivity contribution < 1.29 is 22.4 Å². The van der Waals surface area contributed by atoms with Crippen LogP contribution in [0.4, 0.5) is 0 Å². The zero-order valence-corrected chi connectivity index (χ0v) is 16.1. The Bertz CT molecular complexity index is 996. The van der Waals surface area contributed by atoms with E-state index in [2.05, 4.69) is 0 Å². The maximum Gasteiger partial charge on any atom is 0.188 e. The summed E-state index contributed by atoms with van der Waals surface area (Å²) in [4.78, 5) is 0.829. The lowest BCUT2D eigenvalue weighted by Crippen LogP contribution is -2.16. The highest BCUT2D eigenvalue weighted by Crippen LogP contribution is 2.30. The number of aromatic nitrogens is 1. The number of hydrogen-bond donors (Lipinski definition) is 1. The molecule has 1 aromatic heterocycles. The maximum atomic E-state index is 13.0. The molecule has 0 saturated carbocycles. The fourth-order valence-electron chi connectivity index (χ4n) is 3.13. The molecule has 0 aliphatic carbocycles. The molecule has 2 aromatic carbocycles. The van der Waals surface area contributed by atoms with E-state index in [9.17, 15) is 13.0 Å². The predicted octanol–water partition coefficient (Wildman–Crippen LogP) is 3.35. The van der Waals surface area contributed by atoms with Crippen LogP contribution >= 0.6 is 0 Å². The van der Waals surface area contributed by atoms with Crippen molar-refractivity contribution in [3.63, 3.8) is 0 Å². The molecule has 0 spiro atoms. The molecule has 1 fully saturated rings. The third-order valence-corrected chi connectivity index (χ3v) is 6.51. The zero-order valence-electron chi connectivity index (χ0n) is 14.4. The average Bonchev–Trinajstić information content (AvgIpc) is 3.34. The highest BCUT2D eigenvalue weighted by molar-refractivity contribution is 7.84. The number of nitrogens with zero attached hydrogens (tertiary/aromatic N) is 1. The van der Waals surface area contributed by atoms with Crippen LogP contribution < -0.4 is 4.74 Å². The van der Waals surface area contributed by atoms with Crippen molar-refractivity contribution in [2.45, 2.75) is 28.7 Å². The van der Waals surface area contributed by atoms with Crippen LogP contribution in [-0.2, 0) is 26.8 Å². The Morgan fingerprint density at radius 2 is 2.00 bits per heavy atom. The van der Waals surface area contributed by atoms with Crippen LogP contribution in [0.15, 0.2) is 64.5 Å². The van der Waals surface area contributed by atoms with Gasteiger partial charge in [-0.15, -0.1) is 0 Å². The predicted molar refractivity (Wildman–Crippen MR) is 104 cm³/mol. The SMILES string of the molecule is O=S(O)c1cn(S(=O)c2ccccc2)c2cc(OCC3CCCO3)ccc12. The van der Waals surface area contributed by atoms with Gasteiger partial charge in [0.15, 0.2) is 22.1 Å². The molecule has 6 nitrogen and oxygen atoms in total. The van der Waals surface area contributed by atoms with Gasteiger partial charge in [0.05, 0.1) is 21.4 Å². The lowest BCUT2D eigenvalue weighted by atomic mass is 10.2. The monoisotopic (exact) mass is 405 g/mol. The molecule has 0 amide bonds. The van der Waals surface area contributed by atoms with E-state index in [4.69, 9.17) is 9.47 Å². The Morgan fingerprint density at radius 3 is 2.70 bits per heavy atom. The van der Waals surface area contributed by atoms with E-state index >= 15 is 0 Å². The van der Waals surface area contributed by atoms with Gasteiger partial charge in [0.2, 0.25) is 0 Å². The fourth-order valence-corrected chi connectivity index (χ4v) is 4.90. The van der Waals surface area contributed by atoms with Crippen molar-refractivity contribution >= 4 is 33.0 Å². The summed E-state index contributed by atoms with van der Waals surface area (Å²) in [6.45, 7) is 1.21. The number of hydrogen-bond acceptors (Lipinski definition) is 4. The largest absolute Gasteiger partial charge is 0.491 e. The molecule has 1 saturated heterocycles. The minimum Gasteiger partial charge on any atom is -0.491 e. The summed E-state index contributed by atoms with van der Waals surface area (Å²) in [6, 6.07) is 14.2. The minimum atomic E-state index is -2.18. The first-order chi connectivity index (χ1) is 13.1. The third-order valence-electron chi connectivity index (χ3n) is 4.48. The number of rotatable bonds is 6. The normalized spacial score (nSPS) is 19.2. The van der Waals surface area contributed by atoms with E-state index in [-0.39, 0.29) is 11.0 Å². The molecule has 142 valence electrons. The Hall–Kier alpha value is -2.00. The molecule has 3 unspecified atom stereocenters. The molecular formula is C19H19NO5S2. The smallest absolute Gasteiger partial charge is 0.188 e. The van der Waals surface area contributed by atoms with Crippen molar-refractivity contribution in [3.05, 3.63) is 54.7 Å². The Kier molecular flexibility index (Phi) is 5.40. The van der Waals surface area contributed by atoms with Crippen molar-refractivity contribution in [1.82, 2.24) is 3.97 Å². The summed E-state index contributed by atoms with van der Waals surface area (Å²) < 4.78 is 47.3. The molecule has 0 radical (unpaired) electrons. The molecule has 1 aliphatic heterocycles. The summed E-state index contributed by atoms with van der Waals surface area (Å²) in [5, 5.41) is 0.574. The van der Waals surface area contributed by atoms with Crippen LogP contribution in [0.1, 0.15) is 12.8 Å². The lowest BCUT2D eigenvalue weighted by molar-refractivity contribution is 0.0680. The van der Waals surface area contributed by atoms with Crippen molar-refractivity contribution in [2.24, 2.45) is 0 Å². The van der Waals surface area contributed by atoms with Gasteiger partial charge in [0.25, 0.3) is 0 Å². The second-order valence-corrected chi connectivity index (χ2v) is 8.56. The standard InChI is InChI=1S/C19H19NO5S2/c21-26(16-6-2-1-3-7-16)20-12-19(27(22)23)17-9-8-14(11-18(17)20)25-13-15-5-4-10-24-15/h1-3,6-9,11-12,15H,4-5,10,13H2,(H,22,23). The van der Waals surface area contributed by atoms with Gasteiger partial charge in [-0.05, 0) is 37.1 Å². The number of fused-ring (bicyclic) bond motifs is 1. The molecule has 2 heterocycles. The van der Waals surface area contributed by atoms with E-state index in [0.717, 1.165) is 19.4 Å². The van der Waals surface area contributed by atoms with Crippen molar-refractivity contribution in [2.75, 3.05) is 13.2 Å². The van der Waals surface area contributed by atoms with E-state index < -0.39 is 22.1 Å². The Labute approximate surface area is 162 Å². The Morgan fingerprint density at radius 1 is 1.19 bits per heavy atom. The number of ether oxygens (including phenoxy) is 2. The first kappa shape index (κ1) is 18.4. The first-order valence-electron chi connectivity index (χ1n) is 8.61. The van der Waals surface area contributed by atoms with Gasteiger partial charge >= 0.3 is 0 Å². The van der Waals surface area contributed by atoms with Gasteiger partial charge in [-0.3, -0.25) is 3.97 Å². The molecule has 0 bridgehead atoms. The zero-order chi connectivity index (χ0) is 18.8. The summed E-state index contributed by atoms with van der Waals surface area (Å²) in [6.07, 6.45) is 3.57. The van der Waals surface area contributed by atoms with Gasteiger partial charge in [0, 0.05) is 24.3 Å². The van der Waals surface area contributed by atoms with E-state index in [1.165, 1.54) is 10.2 Å². The van der Waals surface area contributed by atoms with Crippen LogP contribution in [0.3, 0.4) is 0 Å². The van der Waals surface area contributed by atoms with Gasteiger partial charge in [-0.1, -0.05) is 18.2 Å². The summed E-state index contributed by atoms with van der Waals surface area (Å²) in [7, 11) is -1.54. The van der Waals surface area contributed by atoms with E-state index in [0.29, 0.717) is 28.2 Å². The first-order valence-corrected chi connectivity index (χ1v) is 10.8. The van der Waals surface area contributed by atoms with Crippen molar-refractivity contribution in [1.29, 1.82) is 0 Å². The Balaban J connectivity index is 1.71. The summed E-state index contributed by atoms with van der Waals surface area (Å²) in [5.41, 5.74) is 0.583. The lowest BCUT2D eigenvalue weighted by Gasteiger charge is -2.12. The van der Waals surface area contributed by atoms with E-state index in [1.807, 2.05) is 6.07 Å². The van der Waals surface area contributed by atoms with Gasteiger partial charge in [-0.25, -0.2) is 8.42 Å². The second kappa shape index (κ2) is 7.93. The van der Waals surface area contributed by atoms with Crippen LogP contribution in [0, 0.1) is 0 Å². The number of benzene rings is 2. The quantitative estimate of drug-likeness (QED) is 0.637. The van der Waals surface area contributed by atoms with Gasteiger partial charge in [-0.2, -0.15) is 0 Å². The van der Waals surface area contributed by atoms with E-state index in [1.54, 1.807) is 42.5 Å². The van der Waals surface area contributed by atoms with Crippen molar-refractivity contribution in [3.8, 4) is 5.75 Å². The molecule has 3 aromatic rings. The summed E-state index contributed by atoms with van der Waals surface area (Å²) >= 11 is -2.18. The van der Waals surface area contributed by atoms with Crippen LogP contribution in [0.25, 0.3) is 10.9 Å². The molecule has 4 rings (SSSR count). The second-order valence-electron chi connectivity index (χ2n) is 6.26. The highest BCUT2D eigenvalue weighted by atomic mass is 32.2. The van der Waals surface area contributed by atoms with Gasteiger partial charge in [0.1, 0.15) is 12.4 Å². The van der Waals surface area contributed by atoms with Gasteiger partial charge < -0.3 is 14.0 Å². The van der Waals surface area contributed by atoms with Crippen LogP contribution in [0.5, 0.6) is 5.75 Å². The summed E-state index contributed by atoms with van der Waals surface area (Å²) in [5.74, 6) is 0.609. The van der Waals surface area contributed by atoms with Crippen LogP contribution in [0.2, 0.25) is 0 Å². The topological polar surface area (TPSA) is 77.8 Å². The molecule has 1 N–H and O–H groups in total. The molecule has 1 aliphatic rings. The third kappa shape index (κ3) is 3.84. The molecule has 8 heteroatoms. The molecular weight excluding hydrogens is 386 g/mol.